The standard InChI is InChI=1S/C4H7NO.C4H10O4S.C3H9N/c1-3(2)4(5)6;1-3-4-8-9(5,6)7-2;1-4(2)3/h1H2,2H3,(H2,5,6);3-4H2,1-2H3;1-3H3. The van der Waals surface area contributed by atoms with Gasteiger partial charge in [0, 0.05) is 5.57 Å². The number of carbonyl (C=O) groups excluding carboxylic acids is 1. The molecule has 2 N–H and O–H groups in total. The second-order valence-corrected chi connectivity index (χ2v) is 5.27. The summed E-state index contributed by atoms with van der Waals surface area (Å²) >= 11 is 0. The average Bonchev–Trinajstić information content (AvgIpc) is 2.26. The van der Waals surface area contributed by atoms with Gasteiger partial charge in [-0.05, 0) is 34.5 Å². The Kier molecular flexibility index (Phi) is 16.4. The van der Waals surface area contributed by atoms with Crippen molar-refractivity contribution in [2.24, 2.45) is 5.73 Å². The Morgan fingerprint density at radius 1 is 1.32 bits per heavy atom. The first-order valence-corrected chi connectivity index (χ1v) is 6.84. The molecule has 0 bridgehead atoms. The molecule has 0 aromatic heterocycles. The highest BCUT2D eigenvalue weighted by molar-refractivity contribution is 7.81. The minimum absolute atomic E-state index is 0.177. The topological polar surface area (TPSA) is 98.9 Å². The molecule has 0 aromatic carbocycles. The minimum atomic E-state index is -3.68. The van der Waals surface area contributed by atoms with E-state index in [4.69, 9.17) is 5.73 Å². The lowest BCUT2D eigenvalue weighted by molar-refractivity contribution is -0.114. The molecule has 1 amide bonds. The van der Waals surface area contributed by atoms with E-state index in [1.165, 1.54) is 0 Å². The van der Waals surface area contributed by atoms with E-state index in [0.29, 0.717) is 12.0 Å². The Labute approximate surface area is 116 Å². The molecule has 0 fully saturated rings. The first kappa shape index (κ1) is 23.2. The van der Waals surface area contributed by atoms with Crippen molar-refractivity contribution in [1.82, 2.24) is 4.90 Å². The number of amides is 1. The molecule has 19 heavy (non-hydrogen) atoms. The first-order valence-electron chi connectivity index (χ1n) is 5.51. The van der Waals surface area contributed by atoms with Crippen LogP contribution in [0.25, 0.3) is 0 Å². The normalized spacial score (nSPS) is 9.84. The van der Waals surface area contributed by atoms with Gasteiger partial charge in [-0.2, -0.15) is 8.42 Å². The summed E-state index contributed by atoms with van der Waals surface area (Å²) in [5.74, 6) is -0.435. The third kappa shape index (κ3) is 31.6. The largest absolute Gasteiger partial charge is 0.399 e. The van der Waals surface area contributed by atoms with Crippen LogP contribution in [0.4, 0.5) is 0 Å². The molecule has 0 aliphatic rings. The van der Waals surface area contributed by atoms with Crippen molar-refractivity contribution in [3.63, 3.8) is 0 Å². The molecule has 0 radical (unpaired) electrons. The van der Waals surface area contributed by atoms with Crippen LogP contribution in [0.15, 0.2) is 12.2 Å². The zero-order valence-corrected chi connectivity index (χ0v) is 13.4. The Bertz CT molecular complexity index is 324. The third-order valence-corrected chi connectivity index (χ3v) is 1.92. The molecule has 0 saturated heterocycles. The van der Waals surface area contributed by atoms with Gasteiger partial charge in [-0.25, -0.2) is 4.18 Å². The predicted molar refractivity (Wildman–Crippen MR) is 75.8 cm³/mol. The van der Waals surface area contributed by atoms with Gasteiger partial charge in [0.15, 0.2) is 0 Å². The zero-order valence-electron chi connectivity index (χ0n) is 12.6. The molecule has 0 rings (SSSR count). The van der Waals surface area contributed by atoms with Crippen molar-refractivity contribution in [2.75, 3.05) is 34.9 Å². The maximum Gasteiger partial charge on any atom is 0.399 e. The lowest BCUT2D eigenvalue weighted by atomic mass is 10.3. The summed E-state index contributed by atoms with van der Waals surface area (Å²) in [4.78, 5) is 11.8. The summed E-state index contributed by atoms with van der Waals surface area (Å²) in [6, 6.07) is 0. The average molecular weight is 298 g/mol. The maximum absolute atomic E-state index is 10.3. The molecular formula is C11H26N2O5S. The van der Waals surface area contributed by atoms with Crippen molar-refractivity contribution in [3.05, 3.63) is 12.2 Å². The quantitative estimate of drug-likeness (QED) is 0.743. The third-order valence-electron chi connectivity index (χ3n) is 1.06. The molecule has 0 heterocycles. The summed E-state index contributed by atoms with van der Waals surface area (Å²) in [5.41, 5.74) is 5.09. The first-order chi connectivity index (χ1) is 8.50. The lowest BCUT2D eigenvalue weighted by Crippen LogP contribution is -2.10. The molecule has 7 nitrogen and oxygen atoms in total. The monoisotopic (exact) mass is 298 g/mol. The highest BCUT2D eigenvalue weighted by Gasteiger charge is 2.05. The van der Waals surface area contributed by atoms with E-state index in [9.17, 15) is 13.2 Å². The fraction of sp³-hybridized carbons (Fsp3) is 0.727. The molecule has 0 atom stereocenters. The summed E-state index contributed by atoms with van der Waals surface area (Å²) in [5, 5.41) is 0. The minimum Gasteiger partial charge on any atom is -0.366 e. The molecule has 116 valence electrons. The lowest BCUT2D eigenvalue weighted by Gasteiger charge is -1.98. The van der Waals surface area contributed by atoms with Crippen molar-refractivity contribution >= 4 is 16.3 Å². The zero-order chi connectivity index (χ0) is 16.1. The highest BCUT2D eigenvalue weighted by Crippen LogP contribution is 1.93. The number of nitrogens with two attached hydrogens (primary N) is 1. The van der Waals surface area contributed by atoms with Gasteiger partial charge in [0.25, 0.3) is 0 Å². The summed E-state index contributed by atoms with van der Waals surface area (Å²) < 4.78 is 28.9. The number of hydrogen-bond donors (Lipinski definition) is 1. The molecule has 8 heteroatoms. The van der Waals surface area contributed by atoms with Crippen LogP contribution in [0.3, 0.4) is 0 Å². The Balaban J connectivity index is -0.000000222. The van der Waals surface area contributed by atoms with Gasteiger partial charge in [-0.15, -0.1) is 0 Å². The summed E-state index contributed by atoms with van der Waals surface area (Å²) in [6.45, 7) is 6.84. The van der Waals surface area contributed by atoms with Gasteiger partial charge in [0.05, 0.1) is 13.7 Å². The van der Waals surface area contributed by atoms with Gasteiger partial charge in [0.2, 0.25) is 5.91 Å². The second kappa shape index (κ2) is 13.5. The molecule has 0 spiro atoms. The van der Waals surface area contributed by atoms with Gasteiger partial charge in [0.1, 0.15) is 0 Å². The number of hydrogen-bond acceptors (Lipinski definition) is 6. The van der Waals surface area contributed by atoms with Crippen molar-refractivity contribution in [2.45, 2.75) is 20.3 Å². The molecule has 0 saturated carbocycles. The van der Waals surface area contributed by atoms with Crippen molar-refractivity contribution in [3.8, 4) is 0 Å². The second-order valence-electron chi connectivity index (χ2n) is 3.88. The van der Waals surface area contributed by atoms with Crippen LogP contribution in [0.2, 0.25) is 0 Å². The van der Waals surface area contributed by atoms with E-state index in [1.807, 2.05) is 33.0 Å². The van der Waals surface area contributed by atoms with Gasteiger partial charge >= 0.3 is 10.4 Å². The van der Waals surface area contributed by atoms with Crippen LogP contribution in [-0.4, -0.2) is 54.1 Å². The number of primary amides is 1. The van der Waals surface area contributed by atoms with E-state index >= 15 is 0 Å². The van der Waals surface area contributed by atoms with Crippen molar-refractivity contribution in [1.29, 1.82) is 0 Å². The van der Waals surface area contributed by atoms with Crippen LogP contribution in [0.1, 0.15) is 20.3 Å². The SMILES string of the molecule is C=C(C)C(N)=O.CCCOS(=O)(=O)OC.CN(C)C. The number of nitrogens with zero attached hydrogens (tertiary/aromatic N) is 1. The van der Waals surface area contributed by atoms with E-state index in [2.05, 4.69) is 14.9 Å². The molecule has 0 aromatic rings. The predicted octanol–water partition coefficient (Wildman–Crippen LogP) is 0.530. The fourth-order valence-corrected chi connectivity index (χ4v) is 0.701. The molecule has 0 aliphatic carbocycles. The van der Waals surface area contributed by atoms with Gasteiger partial charge in [-0.3, -0.25) is 8.98 Å². The van der Waals surface area contributed by atoms with Crippen LogP contribution in [0, 0.1) is 0 Å². The van der Waals surface area contributed by atoms with Gasteiger partial charge in [-0.1, -0.05) is 13.5 Å². The van der Waals surface area contributed by atoms with Crippen LogP contribution in [0.5, 0.6) is 0 Å². The summed E-state index contributed by atoms with van der Waals surface area (Å²) in [7, 11) is 3.38. The van der Waals surface area contributed by atoms with E-state index in [-0.39, 0.29) is 6.61 Å². The Morgan fingerprint density at radius 2 is 1.63 bits per heavy atom. The molecule has 0 aliphatic heterocycles. The number of rotatable bonds is 5. The Hall–Kier alpha value is -0.960. The maximum atomic E-state index is 10.3. The highest BCUT2D eigenvalue weighted by atomic mass is 32.3. The van der Waals surface area contributed by atoms with Crippen LogP contribution in [-0.2, 0) is 23.6 Å². The fourth-order valence-electron chi connectivity index (χ4n) is 0.234. The van der Waals surface area contributed by atoms with Gasteiger partial charge < -0.3 is 10.6 Å². The molecular weight excluding hydrogens is 272 g/mol. The number of carbonyl (C=O) groups is 1. The van der Waals surface area contributed by atoms with E-state index < -0.39 is 16.3 Å². The smallest absolute Gasteiger partial charge is 0.366 e. The van der Waals surface area contributed by atoms with Crippen LogP contribution >= 0.6 is 0 Å². The summed E-state index contributed by atoms with van der Waals surface area (Å²) in [6.07, 6.45) is 0.655. The Morgan fingerprint density at radius 3 is 1.79 bits per heavy atom. The van der Waals surface area contributed by atoms with Crippen molar-refractivity contribution < 1.29 is 21.6 Å². The van der Waals surface area contributed by atoms with Crippen LogP contribution < -0.4 is 5.73 Å². The van der Waals surface area contributed by atoms with E-state index in [0.717, 1.165) is 7.11 Å². The van der Waals surface area contributed by atoms with E-state index in [1.54, 1.807) is 6.92 Å². The molecule has 0 unspecified atom stereocenters.